The normalized spacial score (nSPS) is 28.2. The van der Waals surface area contributed by atoms with Crippen molar-refractivity contribution in [3.05, 3.63) is 0 Å². The van der Waals surface area contributed by atoms with Crippen molar-refractivity contribution in [2.75, 3.05) is 6.54 Å². The Morgan fingerprint density at radius 2 is 1.42 bits per heavy atom. The molecule has 0 aromatic carbocycles. The molecular formula is C21H37NO2. The summed E-state index contributed by atoms with van der Waals surface area (Å²) in [6.07, 6.45) is 19.4. The molecule has 138 valence electrons. The highest BCUT2D eigenvalue weighted by molar-refractivity contribution is 5.65. The summed E-state index contributed by atoms with van der Waals surface area (Å²) >= 11 is 0. The van der Waals surface area contributed by atoms with Gasteiger partial charge in [-0.1, -0.05) is 70.6 Å². The van der Waals surface area contributed by atoms with Crippen LogP contribution in [-0.2, 0) is 9.63 Å². The first-order chi connectivity index (χ1) is 11.7. The maximum absolute atomic E-state index is 11.5. The van der Waals surface area contributed by atoms with Gasteiger partial charge in [-0.2, -0.15) is 0 Å². The molecule has 24 heavy (non-hydrogen) atoms. The molecule has 0 aromatic rings. The predicted octanol–water partition coefficient (Wildman–Crippen LogP) is 5.49. The minimum absolute atomic E-state index is 0.145. The van der Waals surface area contributed by atoms with Crippen molar-refractivity contribution < 1.29 is 9.63 Å². The second-order valence-corrected chi connectivity index (χ2v) is 8.57. The van der Waals surface area contributed by atoms with Crippen LogP contribution in [-0.4, -0.2) is 23.6 Å². The molecule has 2 saturated carbocycles. The highest BCUT2D eigenvalue weighted by Crippen LogP contribution is 2.43. The van der Waals surface area contributed by atoms with Gasteiger partial charge in [0.05, 0.1) is 0 Å². The Hall–Kier alpha value is -0.570. The van der Waals surface area contributed by atoms with E-state index in [-0.39, 0.29) is 5.97 Å². The smallest absolute Gasteiger partial charge is 0.322 e. The Morgan fingerprint density at radius 1 is 0.875 bits per heavy atom. The third kappa shape index (κ3) is 4.97. The average molecular weight is 336 g/mol. The van der Waals surface area contributed by atoms with Crippen molar-refractivity contribution in [2.24, 2.45) is 17.8 Å². The van der Waals surface area contributed by atoms with E-state index in [4.69, 9.17) is 4.84 Å². The Kier molecular flexibility index (Phi) is 7.00. The van der Waals surface area contributed by atoms with Crippen LogP contribution in [0, 0.1) is 17.8 Å². The molecule has 1 atom stereocenters. The van der Waals surface area contributed by atoms with Crippen LogP contribution in [0.5, 0.6) is 0 Å². The summed E-state index contributed by atoms with van der Waals surface area (Å²) in [6, 6.07) is 0.469. The minimum atomic E-state index is -0.145. The fourth-order valence-corrected chi connectivity index (χ4v) is 5.70. The van der Waals surface area contributed by atoms with Gasteiger partial charge < -0.3 is 4.84 Å². The first-order valence-electron chi connectivity index (χ1n) is 10.7. The monoisotopic (exact) mass is 335 g/mol. The number of hydroxylamine groups is 2. The van der Waals surface area contributed by atoms with Crippen LogP contribution < -0.4 is 0 Å². The fraction of sp³-hybridized carbons (Fsp3) is 0.952. The molecule has 3 aliphatic rings. The molecule has 3 rings (SSSR count). The lowest BCUT2D eigenvalue weighted by Gasteiger charge is -2.42. The van der Waals surface area contributed by atoms with Gasteiger partial charge in [-0.25, -0.2) is 0 Å². The Bertz CT molecular complexity index is 367. The number of piperidine rings is 1. The molecular weight excluding hydrogens is 298 g/mol. The van der Waals surface area contributed by atoms with Gasteiger partial charge in [-0.3, -0.25) is 4.79 Å². The number of nitrogens with zero attached hydrogens (tertiary/aromatic N) is 1. The Labute approximate surface area is 148 Å². The van der Waals surface area contributed by atoms with E-state index in [2.05, 4.69) is 0 Å². The van der Waals surface area contributed by atoms with E-state index in [1.807, 2.05) is 5.06 Å². The first-order valence-corrected chi connectivity index (χ1v) is 10.7. The maximum atomic E-state index is 11.5. The quantitative estimate of drug-likeness (QED) is 0.665. The molecule has 0 N–H and O–H groups in total. The van der Waals surface area contributed by atoms with E-state index in [0.29, 0.717) is 6.04 Å². The van der Waals surface area contributed by atoms with E-state index in [9.17, 15) is 4.79 Å². The first kappa shape index (κ1) is 18.2. The summed E-state index contributed by atoms with van der Waals surface area (Å²) in [5.41, 5.74) is 0. The molecule has 3 fully saturated rings. The van der Waals surface area contributed by atoms with Crippen LogP contribution >= 0.6 is 0 Å². The second kappa shape index (κ2) is 9.22. The van der Waals surface area contributed by atoms with Gasteiger partial charge in [0.25, 0.3) is 0 Å². The van der Waals surface area contributed by atoms with Gasteiger partial charge in [0, 0.05) is 19.5 Å². The Morgan fingerprint density at radius 3 is 1.96 bits per heavy atom. The van der Waals surface area contributed by atoms with Crippen LogP contribution in [0.25, 0.3) is 0 Å². The maximum Gasteiger partial charge on any atom is 0.322 e. The summed E-state index contributed by atoms with van der Waals surface area (Å²) in [5, 5.41) is 2.05. The zero-order chi connectivity index (χ0) is 16.8. The summed E-state index contributed by atoms with van der Waals surface area (Å²) in [4.78, 5) is 17.1. The van der Waals surface area contributed by atoms with E-state index < -0.39 is 0 Å². The molecule has 1 unspecified atom stereocenters. The molecule has 0 amide bonds. The van der Waals surface area contributed by atoms with E-state index >= 15 is 0 Å². The summed E-state index contributed by atoms with van der Waals surface area (Å²) in [6.45, 7) is 2.48. The number of hydrogen-bond donors (Lipinski definition) is 0. The lowest BCUT2D eigenvalue weighted by molar-refractivity contribution is -0.208. The molecule has 3 heteroatoms. The molecule has 0 radical (unpaired) electrons. The van der Waals surface area contributed by atoms with Crippen molar-refractivity contribution >= 4 is 5.97 Å². The molecule has 0 aromatic heterocycles. The van der Waals surface area contributed by atoms with Crippen molar-refractivity contribution in [1.29, 1.82) is 0 Å². The SMILES string of the molecule is CC(=O)ON1CCCCC1CC(C1CCCCC1)C1CCCCC1. The summed E-state index contributed by atoms with van der Waals surface area (Å²) in [7, 11) is 0. The van der Waals surface area contributed by atoms with Crippen molar-refractivity contribution in [1.82, 2.24) is 5.06 Å². The summed E-state index contributed by atoms with van der Waals surface area (Å²) < 4.78 is 0. The van der Waals surface area contributed by atoms with Crippen molar-refractivity contribution in [2.45, 2.75) is 103 Å². The Balaban J connectivity index is 1.67. The zero-order valence-corrected chi connectivity index (χ0v) is 15.7. The lowest BCUT2D eigenvalue weighted by Crippen LogP contribution is -2.43. The van der Waals surface area contributed by atoms with Gasteiger partial charge in [0.15, 0.2) is 0 Å². The standard InChI is InChI=1S/C21H37NO2/c1-17(23)24-22-15-9-8-14-20(22)16-21(18-10-4-2-5-11-18)19-12-6-3-7-13-19/h18-21H,2-16H2,1H3. The van der Waals surface area contributed by atoms with Crippen LogP contribution in [0.2, 0.25) is 0 Å². The number of carbonyl (C=O) groups is 1. The lowest BCUT2D eigenvalue weighted by atomic mass is 9.67. The molecule has 1 heterocycles. The van der Waals surface area contributed by atoms with Gasteiger partial charge in [0.1, 0.15) is 0 Å². The van der Waals surface area contributed by atoms with Gasteiger partial charge in [0.2, 0.25) is 0 Å². The van der Waals surface area contributed by atoms with Crippen molar-refractivity contribution in [3.8, 4) is 0 Å². The molecule has 1 aliphatic heterocycles. The second-order valence-electron chi connectivity index (χ2n) is 8.57. The zero-order valence-electron chi connectivity index (χ0n) is 15.7. The van der Waals surface area contributed by atoms with Gasteiger partial charge in [-0.15, -0.1) is 5.06 Å². The van der Waals surface area contributed by atoms with Crippen molar-refractivity contribution in [3.63, 3.8) is 0 Å². The third-order valence-electron chi connectivity index (χ3n) is 6.87. The van der Waals surface area contributed by atoms with E-state index in [0.717, 1.165) is 24.3 Å². The number of hydrogen-bond acceptors (Lipinski definition) is 3. The number of rotatable bonds is 5. The topological polar surface area (TPSA) is 29.5 Å². The van der Waals surface area contributed by atoms with Crippen LogP contribution in [0.15, 0.2) is 0 Å². The highest BCUT2D eigenvalue weighted by atomic mass is 16.7. The molecule has 2 aliphatic carbocycles. The molecule has 3 nitrogen and oxygen atoms in total. The van der Waals surface area contributed by atoms with Crippen LogP contribution in [0.4, 0.5) is 0 Å². The van der Waals surface area contributed by atoms with Crippen LogP contribution in [0.3, 0.4) is 0 Å². The third-order valence-corrected chi connectivity index (χ3v) is 6.87. The molecule has 1 saturated heterocycles. The average Bonchev–Trinajstić information content (AvgIpc) is 2.62. The fourth-order valence-electron chi connectivity index (χ4n) is 5.70. The highest BCUT2D eigenvalue weighted by Gasteiger charge is 2.36. The summed E-state index contributed by atoms with van der Waals surface area (Å²) in [5.74, 6) is 2.59. The van der Waals surface area contributed by atoms with Gasteiger partial charge in [-0.05, 0) is 37.0 Å². The van der Waals surface area contributed by atoms with E-state index in [1.54, 1.807) is 6.92 Å². The largest absolute Gasteiger partial charge is 0.368 e. The minimum Gasteiger partial charge on any atom is -0.368 e. The molecule has 0 spiro atoms. The van der Waals surface area contributed by atoms with E-state index in [1.165, 1.54) is 89.9 Å². The predicted molar refractivity (Wildman–Crippen MR) is 97.4 cm³/mol. The van der Waals surface area contributed by atoms with Gasteiger partial charge >= 0.3 is 5.97 Å². The van der Waals surface area contributed by atoms with Crippen LogP contribution in [0.1, 0.15) is 96.8 Å². The molecule has 0 bridgehead atoms. The number of carbonyl (C=O) groups excluding carboxylic acids is 1.